The SMILES string of the molecule is C=Cc1cccc2c1/C(=C\C)N(C(C)C)C2=O. The van der Waals surface area contributed by atoms with Gasteiger partial charge in [-0.15, -0.1) is 0 Å². The van der Waals surface area contributed by atoms with Crippen molar-refractivity contribution in [1.82, 2.24) is 4.90 Å². The molecule has 0 aliphatic carbocycles. The minimum absolute atomic E-state index is 0.0896. The largest absolute Gasteiger partial charge is 0.306 e. The molecule has 1 amide bonds. The Hall–Kier alpha value is -1.83. The number of hydrogen-bond donors (Lipinski definition) is 0. The number of carbonyl (C=O) groups is 1. The Bertz CT molecular complexity index is 512. The van der Waals surface area contributed by atoms with Gasteiger partial charge in [0, 0.05) is 22.9 Å². The number of nitrogens with zero attached hydrogens (tertiary/aromatic N) is 1. The van der Waals surface area contributed by atoms with Gasteiger partial charge < -0.3 is 4.90 Å². The van der Waals surface area contributed by atoms with Crippen LogP contribution in [0.3, 0.4) is 0 Å². The highest BCUT2D eigenvalue weighted by Gasteiger charge is 2.34. The minimum Gasteiger partial charge on any atom is -0.306 e. The molecule has 0 N–H and O–H groups in total. The van der Waals surface area contributed by atoms with E-state index in [1.807, 2.05) is 49.9 Å². The van der Waals surface area contributed by atoms with Crippen molar-refractivity contribution in [2.75, 3.05) is 0 Å². The summed E-state index contributed by atoms with van der Waals surface area (Å²) in [6.07, 6.45) is 3.80. The molecule has 2 nitrogen and oxygen atoms in total. The van der Waals surface area contributed by atoms with E-state index in [4.69, 9.17) is 0 Å². The van der Waals surface area contributed by atoms with E-state index in [0.717, 1.165) is 22.4 Å². The monoisotopic (exact) mass is 227 g/mol. The molecule has 1 aromatic carbocycles. The van der Waals surface area contributed by atoms with Gasteiger partial charge in [0.1, 0.15) is 0 Å². The van der Waals surface area contributed by atoms with Crippen LogP contribution in [0.25, 0.3) is 11.8 Å². The molecule has 88 valence electrons. The molecule has 0 spiro atoms. The fourth-order valence-electron chi connectivity index (χ4n) is 2.36. The normalized spacial score (nSPS) is 16.8. The molecule has 2 rings (SSSR count). The smallest absolute Gasteiger partial charge is 0.259 e. The highest BCUT2D eigenvalue weighted by atomic mass is 16.2. The van der Waals surface area contributed by atoms with Crippen molar-refractivity contribution >= 4 is 17.7 Å². The van der Waals surface area contributed by atoms with E-state index in [9.17, 15) is 4.79 Å². The molecule has 0 bridgehead atoms. The van der Waals surface area contributed by atoms with Gasteiger partial charge in [0.05, 0.1) is 0 Å². The summed E-state index contributed by atoms with van der Waals surface area (Å²) in [5.74, 6) is 0.0896. The molecule has 0 radical (unpaired) electrons. The quantitative estimate of drug-likeness (QED) is 0.756. The molecule has 17 heavy (non-hydrogen) atoms. The van der Waals surface area contributed by atoms with Crippen LogP contribution in [0.1, 0.15) is 42.3 Å². The van der Waals surface area contributed by atoms with Gasteiger partial charge in [0.15, 0.2) is 0 Å². The van der Waals surface area contributed by atoms with Crippen molar-refractivity contribution in [2.45, 2.75) is 26.8 Å². The lowest BCUT2D eigenvalue weighted by Gasteiger charge is -2.22. The molecule has 1 aromatic rings. The zero-order valence-electron chi connectivity index (χ0n) is 10.5. The summed E-state index contributed by atoms with van der Waals surface area (Å²) in [4.78, 5) is 14.2. The Morgan fingerprint density at radius 2 is 2.06 bits per heavy atom. The van der Waals surface area contributed by atoms with Gasteiger partial charge in [-0.2, -0.15) is 0 Å². The molecular weight excluding hydrogens is 210 g/mol. The Balaban J connectivity index is 2.70. The average Bonchev–Trinajstić information content (AvgIpc) is 2.62. The maximum atomic E-state index is 12.3. The molecule has 0 saturated heterocycles. The molecule has 1 heterocycles. The third kappa shape index (κ3) is 1.60. The summed E-state index contributed by atoms with van der Waals surface area (Å²) in [5.41, 5.74) is 3.82. The maximum Gasteiger partial charge on any atom is 0.259 e. The Kier molecular flexibility index (Phi) is 2.88. The van der Waals surface area contributed by atoms with Crippen LogP contribution in [0.2, 0.25) is 0 Å². The topological polar surface area (TPSA) is 20.3 Å². The fourth-order valence-corrected chi connectivity index (χ4v) is 2.36. The fraction of sp³-hybridized carbons (Fsp3) is 0.267. The van der Waals surface area contributed by atoms with Crippen molar-refractivity contribution < 1.29 is 4.79 Å². The lowest BCUT2D eigenvalue weighted by atomic mass is 10.0. The van der Waals surface area contributed by atoms with Crippen LogP contribution >= 0.6 is 0 Å². The zero-order chi connectivity index (χ0) is 12.6. The Morgan fingerprint density at radius 1 is 1.35 bits per heavy atom. The van der Waals surface area contributed by atoms with Gasteiger partial charge in [-0.3, -0.25) is 4.79 Å². The van der Waals surface area contributed by atoms with Crippen LogP contribution in [-0.2, 0) is 0 Å². The average molecular weight is 227 g/mol. The summed E-state index contributed by atoms with van der Waals surface area (Å²) in [7, 11) is 0. The maximum absolute atomic E-state index is 12.3. The van der Waals surface area contributed by atoms with Crippen LogP contribution in [0.15, 0.2) is 30.9 Å². The lowest BCUT2D eigenvalue weighted by Crippen LogP contribution is -2.30. The van der Waals surface area contributed by atoms with Crippen LogP contribution in [0.4, 0.5) is 0 Å². The van der Waals surface area contributed by atoms with E-state index < -0.39 is 0 Å². The summed E-state index contributed by atoms with van der Waals surface area (Å²) >= 11 is 0. The number of allylic oxidation sites excluding steroid dienone is 1. The van der Waals surface area contributed by atoms with Gasteiger partial charge in [0.2, 0.25) is 0 Å². The standard InChI is InChI=1S/C15H17NO/c1-5-11-8-7-9-12-14(11)13(6-2)16(10(3)4)15(12)17/h5-10H,1H2,2-4H3/b13-6+. The van der Waals surface area contributed by atoms with Crippen molar-refractivity contribution in [3.63, 3.8) is 0 Å². The summed E-state index contributed by atoms with van der Waals surface area (Å²) in [6.45, 7) is 9.84. The number of carbonyl (C=O) groups excluding carboxylic acids is 1. The van der Waals surface area contributed by atoms with E-state index >= 15 is 0 Å². The van der Waals surface area contributed by atoms with Crippen molar-refractivity contribution in [3.05, 3.63) is 47.5 Å². The number of rotatable bonds is 2. The predicted molar refractivity (Wildman–Crippen MR) is 71.5 cm³/mol. The third-order valence-corrected chi connectivity index (χ3v) is 3.07. The van der Waals surface area contributed by atoms with E-state index in [2.05, 4.69) is 6.58 Å². The first-order chi connectivity index (χ1) is 8.11. The summed E-state index contributed by atoms with van der Waals surface area (Å²) < 4.78 is 0. The second kappa shape index (κ2) is 4.21. The van der Waals surface area contributed by atoms with Crippen LogP contribution < -0.4 is 0 Å². The number of benzene rings is 1. The van der Waals surface area contributed by atoms with Crippen molar-refractivity contribution in [1.29, 1.82) is 0 Å². The van der Waals surface area contributed by atoms with Crippen LogP contribution in [0.5, 0.6) is 0 Å². The molecule has 1 aliphatic rings. The van der Waals surface area contributed by atoms with Gasteiger partial charge in [-0.1, -0.05) is 30.9 Å². The van der Waals surface area contributed by atoms with E-state index in [0.29, 0.717) is 0 Å². The molecule has 0 saturated carbocycles. The number of amides is 1. The summed E-state index contributed by atoms with van der Waals surface area (Å²) in [6, 6.07) is 5.95. The molecule has 0 atom stereocenters. The van der Waals surface area contributed by atoms with E-state index in [-0.39, 0.29) is 11.9 Å². The molecule has 0 unspecified atom stereocenters. The molecule has 1 aliphatic heterocycles. The predicted octanol–water partition coefficient (Wildman–Crippen LogP) is 3.55. The van der Waals surface area contributed by atoms with E-state index in [1.165, 1.54) is 0 Å². The molecule has 2 heteroatoms. The zero-order valence-corrected chi connectivity index (χ0v) is 10.5. The Morgan fingerprint density at radius 3 is 2.59 bits per heavy atom. The van der Waals surface area contributed by atoms with Gasteiger partial charge in [0.25, 0.3) is 5.91 Å². The lowest BCUT2D eigenvalue weighted by molar-refractivity contribution is 0.0821. The molecule has 0 aromatic heterocycles. The first kappa shape index (κ1) is 11.6. The van der Waals surface area contributed by atoms with Gasteiger partial charge in [-0.05, 0) is 32.4 Å². The van der Waals surface area contributed by atoms with Crippen LogP contribution in [-0.4, -0.2) is 16.8 Å². The molecule has 0 fully saturated rings. The van der Waals surface area contributed by atoms with Crippen molar-refractivity contribution in [3.8, 4) is 0 Å². The van der Waals surface area contributed by atoms with Crippen molar-refractivity contribution in [2.24, 2.45) is 0 Å². The first-order valence-electron chi connectivity index (χ1n) is 5.87. The van der Waals surface area contributed by atoms with Gasteiger partial charge in [-0.25, -0.2) is 0 Å². The van der Waals surface area contributed by atoms with Gasteiger partial charge >= 0.3 is 0 Å². The summed E-state index contributed by atoms with van der Waals surface area (Å²) in [5, 5.41) is 0. The third-order valence-electron chi connectivity index (χ3n) is 3.07. The second-order valence-corrected chi connectivity index (χ2v) is 4.42. The number of fused-ring (bicyclic) bond motifs is 1. The molecular formula is C15H17NO. The first-order valence-corrected chi connectivity index (χ1v) is 5.87. The highest BCUT2D eigenvalue weighted by molar-refractivity contribution is 6.10. The van der Waals surface area contributed by atoms with Crippen LogP contribution in [0, 0.1) is 0 Å². The number of hydrogen-bond acceptors (Lipinski definition) is 1. The highest BCUT2D eigenvalue weighted by Crippen LogP contribution is 2.36. The minimum atomic E-state index is 0.0896. The van der Waals surface area contributed by atoms with E-state index in [1.54, 1.807) is 6.08 Å². The second-order valence-electron chi connectivity index (χ2n) is 4.42. The Labute approximate surface area is 102 Å².